The Bertz CT molecular complexity index is 1230. The van der Waals surface area contributed by atoms with Crippen LogP contribution in [0.4, 0.5) is 13.2 Å². The summed E-state index contributed by atoms with van der Waals surface area (Å²) >= 11 is 3.14. The standard InChI is InChI=1S/C22H18BrF3N2O3/c1-11-18(15-7-5-12(8-17(15)26)22(30)28(2)3)20(19(23)21(29)27-11)31-10-13-4-6-14(24)9-16(13)25/h4-9H,10H2,1-3H3,(H,27,29). The Labute approximate surface area is 184 Å². The number of hydrogen-bond donors (Lipinski definition) is 1. The molecule has 0 bridgehead atoms. The van der Waals surface area contributed by atoms with Crippen LogP contribution in [0.5, 0.6) is 5.75 Å². The van der Waals surface area contributed by atoms with Crippen molar-refractivity contribution in [3.63, 3.8) is 0 Å². The zero-order valence-electron chi connectivity index (χ0n) is 16.9. The second kappa shape index (κ2) is 8.97. The Morgan fingerprint density at radius 2 is 1.81 bits per heavy atom. The van der Waals surface area contributed by atoms with E-state index in [1.807, 2.05) is 0 Å². The zero-order chi connectivity index (χ0) is 22.9. The summed E-state index contributed by atoms with van der Waals surface area (Å²) in [6.45, 7) is 1.24. The average molecular weight is 495 g/mol. The van der Waals surface area contributed by atoms with Crippen LogP contribution in [-0.4, -0.2) is 29.9 Å². The van der Waals surface area contributed by atoms with Crippen LogP contribution in [0.1, 0.15) is 21.6 Å². The van der Waals surface area contributed by atoms with Crippen molar-refractivity contribution < 1.29 is 22.7 Å². The van der Waals surface area contributed by atoms with Gasteiger partial charge in [0.1, 0.15) is 34.3 Å². The third-order valence-corrected chi connectivity index (χ3v) is 5.30. The van der Waals surface area contributed by atoms with Crippen molar-refractivity contribution in [2.75, 3.05) is 14.1 Å². The number of aromatic nitrogens is 1. The number of aryl methyl sites for hydroxylation is 1. The summed E-state index contributed by atoms with van der Waals surface area (Å²) in [6.07, 6.45) is 0. The molecule has 1 aromatic heterocycles. The summed E-state index contributed by atoms with van der Waals surface area (Å²) in [7, 11) is 3.11. The summed E-state index contributed by atoms with van der Waals surface area (Å²) in [6, 6.07) is 6.99. The second-order valence-electron chi connectivity index (χ2n) is 7.02. The van der Waals surface area contributed by atoms with Crippen LogP contribution in [-0.2, 0) is 6.61 Å². The molecule has 0 aliphatic heterocycles. The number of aromatic amines is 1. The van der Waals surface area contributed by atoms with Gasteiger partial charge >= 0.3 is 0 Å². The molecule has 0 unspecified atom stereocenters. The maximum Gasteiger partial charge on any atom is 0.266 e. The fraction of sp³-hybridized carbons (Fsp3) is 0.182. The monoisotopic (exact) mass is 494 g/mol. The highest BCUT2D eigenvalue weighted by atomic mass is 79.9. The van der Waals surface area contributed by atoms with Crippen molar-refractivity contribution in [1.82, 2.24) is 9.88 Å². The van der Waals surface area contributed by atoms with Gasteiger partial charge in [0, 0.05) is 48.1 Å². The number of halogens is 4. The number of carbonyl (C=O) groups excluding carboxylic acids is 1. The molecule has 1 amide bonds. The lowest BCUT2D eigenvalue weighted by atomic mass is 10.0. The highest BCUT2D eigenvalue weighted by Crippen LogP contribution is 2.38. The molecular formula is C22H18BrF3N2O3. The van der Waals surface area contributed by atoms with E-state index in [4.69, 9.17) is 4.74 Å². The minimum atomic E-state index is -0.808. The molecule has 31 heavy (non-hydrogen) atoms. The topological polar surface area (TPSA) is 62.4 Å². The molecule has 9 heteroatoms. The Morgan fingerprint density at radius 1 is 1.10 bits per heavy atom. The van der Waals surface area contributed by atoms with Gasteiger partial charge in [0.15, 0.2) is 0 Å². The molecule has 0 saturated carbocycles. The Morgan fingerprint density at radius 3 is 2.42 bits per heavy atom. The summed E-state index contributed by atoms with van der Waals surface area (Å²) in [5, 5.41) is 0. The van der Waals surface area contributed by atoms with Crippen molar-refractivity contribution in [3.8, 4) is 16.9 Å². The average Bonchev–Trinajstić information content (AvgIpc) is 2.70. The van der Waals surface area contributed by atoms with Gasteiger partial charge in [0.25, 0.3) is 11.5 Å². The Balaban J connectivity index is 2.08. The molecule has 1 N–H and O–H groups in total. The quantitative estimate of drug-likeness (QED) is 0.553. The largest absolute Gasteiger partial charge is 0.487 e. The highest BCUT2D eigenvalue weighted by molar-refractivity contribution is 9.10. The van der Waals surface area contributed by atoms with Crippen LogP contribution in [0.3, 0.4) is 0 Å². The molecule has 162 valence electrons. The SMILES string of the molecule is Cc1[nH]c(=O)c(Br)c(OCc2ccc(F)cc2F)c1-c1ccc(C(=O)N(C)C)cc1F. The van der Waals surface area contributed by atoms with Crippen LogP contribution < -0.4 is 10.3 Å². The number of pyridine rings is 1. The number of benzene rings is 2. The minimum Gasteiger partial charge on any atom is -0.487 e. The molecule has 3 rings (SSSR count). The van der Waals surface area contributed by atoms with E-state index >= 15 is 0 Å². The Kier molecular flexibility index (Phi) is 6.54. The molecule has 0 spiro atoms. The van der Waals surface area contributed by atoms with Crippen molar-refractivity contribution >= 4 is 21.8 Å². The maximum atomic E-state index is 15.0. The van der Waals surface area contributed by atoms with E-state index in [9.17, 15) is 22.8 Å². The smallest absolute Gasteiger partial charge is 0.266 e. The highest BCUT2D eigenvalue weighted by Gasteiger charge is 2.22. The van der Waals surface area contributed by atoms with E-state index in [2.05, 4.69) is 20.9 Å². The van der Waals surface area contributed by atoms with Crippen molar-refractivity contribution in [3.05, 3.63) is 85.5 Å². The fourth-order valence-electron chi connectivity index (χ4n) is 3.03. The number of hydrogen-bond acceptors (Lipinski definition) is 3. The lowest BCUT2D eigenvalue weighted by molar-refractivity contribution is 0.0827. The molecule has 0 saturated heterocycles. The van der Waals surface area contributed by atoms with Gasteiger partial charge in [-0.15, -0.1) is 0 Å². The van der Waals surface area contributed by atoms with Gasteiger partial charge in [-0.3, -0.25) is 9.59 Å². The number of rotatable bonds is 5. The van der Waals surface area contributed by atoms with Crippen molar-refractivity contribution in [2.45, 2.75) is 13.5 Å². The molecule has 0 aliphatic carbocycles. The van der Waals surface area contributed by atoms with Gasteiger partial charge in [-0.2, -0.15) is 0 Å². The predicted octanol–water partition coefficient (Wildman–Crippen LogP) is 4.81. The van der Waals surface area contributed by atoms with E-state index in [1.165, 1.54) is 23.1 Å². The molecule has 0 atom stereocenters. The van der Waals surface area contributed by atoms with Gasteiger partial charge in [-0.05, 0) is 47.1 Å². The van der Waals surface area contributed by atoms with Gasteiger partial charge < -0.3 is 14.6 Å². The van der Waals surface area contributed by atoms with Crippen molar-refractivity contribution in [1.29, 1.82) is 0 Å². The number of carbonyl (C=O) groups is 1. The second-order valence-corrected chi connectivity index (χ2v) is 7.81. The fourth-order valence-corrected chi connectivity index (χ4v) is 3.44. The number of amides is 1. The first-order valence-corrected chi connectivity index (χ1v) is 9.90. The van der Waals surface area contributed by atoms with Crippen molar-refractivity contribution in [2.24, 2.45) is 0 Å². The third kappa shape index (κ3) is 4.66. The Hall–Kier alpha value is -3.07. The number of H-pyrrole nitrogens is 1. The first kappa shape index (κ1) is 22.6. The van der Waals surface area contributed by atoms with Crippen LogP contribution in [0.15, 0.2) is 45.7 Å². The van der Waals surface area contributed by atoms with Crippen LogP contribution in [0.25, 0.3) is 11.1 Å². The molecule has 0 fully saturated rings. The summed E-state index contributed by atoms with van der Waals surface area (Å²) in [5.41, 5.74) is 0.325. The molecule has 3 aromatic rings. The van der Waals surface area contributed by atoms with E-state index in [0.717, 1.165) is 18.2 Å². The van der Waals surface area contributed by atoms with Crippen LogP contribution in [0.2, 0.25) is 0 Å². The van der Waals surface area contributed by atoms with Crippen LogP contribution >= 0.6 is 15.9 Å². The molecule has 0 radical (unpaired) electrons. The van der Waals surface area contributed by atoms with Crippen LogP contribution in [0, 0.1) is 24.4 Å². The lowest BCUT2D eigenvalue weighted by Gasteiger charge is -2.17. The maximum absolute atomic E-state index is 15.0. The molecular weight excluding hydrogens is 477 g/mol. The number of ether oxygens (including phenoxy) is 1. The van der Waals surface area contributed by atoms with E-state index in [-0.39, 0.29) is 45.0 Å². The zero-order valence-corrected chi connectivity index (χ0v) is 18.4. The predicted molar refractivity (Wildman–Crippen MR) is 114 cm³/mol. The number of nitrogens with one attached hydrogen (secondary N) is 1. The third-order valence-electron chi connectivity index (χ3n) is 4.58. The minimum absolute atomic E-state index is 0.00411. The summed E-state index contributed by atoms with van der Waals surface area (Å²) in [4.78, 5) is 28.2. The summed E-state index contributed by atoms with van der Waals surface area (Å²) < 4.78 is 47.8. The van der Waals surface area contributed by atoms with Gasteiger partial charge in [-0.1, -0.05) is 6.07 Å². The molecule has 5 nitrogen and oxygen atoms in total. The van der Waals surface area contributed by atoms with Gasteiger partial charge in [0.05, 0.1) is 0 Å². The van der Waals surface area contributed by atoms with E-state index in [1.54, 1.807) is 21.0 Å². The number of nitrogens with zero attached hydrogens (tertiary/aromatic N) is 1. The first-order valence-electron chi connectivity index (χ1n) is 9.10. The van der Waals surface area contributed by atoms with Gasteiger partial charge in [-0.25, -0.2) is 13.2 Å². The lowest BCUT2D eigenvalue weighted by Crippen LogP contribution is -2.21. The molecule has 0 aliphatic rings. The molecule has 2 aromatic carbocycles. The van der Waals surface area contributed by atoms with E-state index in [0.29, 0.717) is 5.69 Å². The molecule has 1 heterocycles. The normalized spacial score (nSPS) is 10.8. The van der Waals surface area contributed by atoms with E-state index < -0.39 is 23.0 Å². The first-order chi connectivity index (χ1) is 14.6. The van der Waals surface area contributed by atoms with Gasteiger partial charge in [0.2, 0.25) is 0 Å². The summed E-state index contributed by atoms with van der Waals surface area (Å²) in [5.74, 6) is -2.61.